The zero-order valence-corrected chi connectivity index (χ0v) is 14.6. The first-order chi connectivity index (χ1) is 11.6. The number of hydrogen-bond acceptors (Lipinski definition) is 6. The second kappa shape index (κ2) is 9.66. The van der Waals surface area contributed by atoms with Crippen molar-refractivity contribution in [3.8, 4) is 0 Å². The van der Waals surface area contributed by atoms with Gasteiger partial charge in [-0.25, -0.2) is 0 Å². The predicted molar refractivity (Wildman–Crippen MR) is 94.8 cm³/mol. The normalized spacial score (nSPS) is 19.9. The Hall–Kier alpha value is -1.57. The number of carbonyl (C=O) groups excluding carboxylic acids is 2. The molecule has 1 aromatic carbocycles. The van der Waals surface area contributed by atoms with E-state index in [2.05, 4.69) is 10.1 Å². The van der Waals surface area contributed by atoms with E-state index in [1.807, 2.05) is 24.3 Å². The number of carbonyl (C=O) groups is 2. The molecular formula is C17H24N2O4S. The standard InChI is InChI=1S/C17H24N2O4S/c1-22-16(20)7-8-24-11-12-3-2-4-13(9-12)19-17(21)15-6-5-14(10-18)23-15/h2-4,9,14-15H,5-8,10-11,18H2,1H3,(H,19,21)/t14-,15+/m1/s1. The summed E-state index contributed by atoms with van der Waals surface area (Å²) in [5.41, 5.74) is 7.41. The van der Waals surface area contributed by atoms with Crippen LogP contribution in [0.4, 0.5) is 5.69 Å². The first kappa shape index (κ1) is 18.8. The number of amides is 1. The van der Waals surface area contributed by atoms with Crippen molar-refractivity contribution in [3.05, 3.63) is 29.8 Å². The summed E-state index contributed by atoms with van der Waals surface area (Å²) in [6.45, 7) is 0.446. The highest BCUT2D eigenvalue weighted by atomic mass is 32.2. The summed E-state index contributed by atoms with van der Waals surface area (Å²) < 4.78 is 10.2. The molecule has 24 heavy (non-hydrogen) atoms. The Morgan fingerprint density at radius 3 is 2.96 bits per heavy atom. The van der Waals surface area contributed by atoms with Gasteiger partial charge in [0, 0.05) is 23.7 Å². The molecule has 6 nitrogen and oxygen atoms in total. The molecule has 1 aliphatic rings. The Bertz CT molecular complexity index is 567. The molecule has 0 spiro atoms. The molecule has 2 rings (SSSR count). The van der Waals surface area contributed by atoms with Crippen LogP contribution in [-0.2, 0) is 24.8 Å². The van der Waals surface area contributed by atoms with Crippen molar-refractivity contribution in [2.24, 2.45) is 5.73 Å². The number of esters is 1. The van der Waals surface area contributed by atoms with Gasteiger partial charge >= 0.3 is 5.97 Å². The number of hydrogen-bond donors (Lipinski definition) is 2. The van der Waals surface area contributed by atoms with E-state index < -0.39 is 6.10 Å². The topological polar surface area (TPSA) is 90.7 Å². The maximum atomic E-state index is 12.2. The zero-order chi connectivity index (χ0) is 17.4. The number of nitrogens with one attached hydrogen (secondary N) is 1. The lowest BCUT2D eigenvalue weighted by atomic mass is 10.1. The number of methoxy groups -OCH3 is 1. The molecule has 3 N–H and O–H groups in total. The van der Waals surface area contributed by atoms with Crippen molar-refractivity contribution in [2.75, 3.05) is 24.7 Å². The maximum absolute atomic E-state index is 12.2. The third kappa shape index (κ3) is 5.81. The van der Waals surface area contributed by atoms with Crippen LogP contribution in [0.3, 0.4) is 0 Å². The number of anilines is 1. The van der Waals surface area contributed by atoms with E-state index in [4.69, 9.17) is 10.5 Å². The Labute approximate surface area is 146 Å². The molecule has 0 bridgehead atoms. The van der Waals surface area contributed by atoms with E-state index in [1.54, 1.807) is 11.8 Å². The number of benzene rings is 1. The second-order valence-corrected chi connectivity index (χ2v) is 6.73. The van der Waals surface area contributed by atoms with Gasteiger partial charge in [-0.1, -0.05) is 12.1 Å². The quantitative estimate of drug-likeness (QED) is 0.549. The summed E-state index contributed by atoms with van der Waals surface area (Å²) in [6, 6.07) is 7.70. The molecule has 0 aliphatic carbocycles. The van der Waals surface area contributed by atoms with E-state index in [-0.39, 0.29) is 18.0 Å². The predicted octanol–water partition coefficient (Wildman–Crippen LogP) is 1.93. The summed E-state index contributed by atoms with van der Waals surface area (Å²) in [5, 5.41) is 2.90. The van der Waals surface area contributed by atoms with Crippen LogP contribution in [0.5, 0.6) is 0 Å². The molecule has 0 radical (unpaired) electrons. The molecule has 1 heterocycles. The van der Waals surface area contributed by atoms with Gasteiger partial charge in [0.1, 0.15) is 6.10 Å². The van der Waals surface area contributed by atoms with Crippen LogP contribution in [0.2, 0.25) is 0 Å². The van der Waals surface area contributed by atoms with Gasteiger partial charge in [0.05, 0.1) is 19.6 Å². The SMILES string of the molecule is COC(=O)CCSCc1cccc(NC(=O)[C@@H]2CC[C@H](CN)O2)c1. The van der Waals surface area contributed by atoms with Crippen LogP contribution in [-0.4, -0.2) is 43.5 Å². The van der Waals surface area contributed by atoms with Crippen LogP contribution in [0.15, 0.2) is 24.3 Å². The lowest BCUT2D eigenvalue weighted by Crippen LogP contribution is -2.29. The van der Waals surface area contributed by atoms with E-state index in [0.29, 0.717) is 25.1 Å². The lowest BCUT2D eigenvalue weighted by molar-refractivity contribution is -0.140. The van der Waals surface area contributed by atoms with Crippen molar-refractivity contribution < 1.29 is 19.1 Å². The molecule has 0 unspecified atom stereocenters. The van der Waals surface area contributed by atoms with Gasteiger partial charge in [-0.3, -0.25) is 9.59 Å². The van der Waals surface area contributed by atoms with Gasteiger partial charge in [-0.05, 0) is 30.5 Å². The number of ether oxygens (including phenoxy) is 2. The van der Waals surface area contributed by atoms with Crippen molar-refractivity contribution in [2.45, 2.75) is 37.2 Å². The van der Waals surface area contributed by atoms with E-state index >= 15 is 0 Å². The molecule has 2 atom stereocenters. The number of nitrogens with two attached hydrogens (primary N) is 1. The zero-order valence-electron chi connectivity index (χ0n) is 13.8. The van der Waals surface area contributed by atoms with Crippen molar-refractivity contribution in [1.82, 2.24) is 0 Å². The van der Waals surface area contributed by atoms with Gasteiger partial charge in [0.2, 0.25) is 0 Å². The number of thioether (sulfide) groups is 1. The smallest absolute Gasteiger partial charge is 0.306 e. The first-order valence-corrected chi connectivity index (χ1v) is 9.17. The number of rotatable bonds is 8. The average Bonchev–Trinajstić information content (AvgIpc) is 3.08. The Balaban J connectivity index is 1.79. The highest BCUT2D eigenvalue weighted by Crippen LogP contribution is 2.22. The third-order valence-electron chi connectivity index (χ3n) is 3.80. The van der Waals surface area contributed by atoms with Gasteiger partial charge in [0.15, 0.2) is 0 Å². The van der Waals surface area contributed by atoms with Crippen LogP contribution in [0, 0.1) is 0 Å². The summed E-state index contributed by atoms with van der Waals surface area (Å²) in [5.74, 6) is 1.16. The molecule has 1 aliphatic heterocycles. The third-order valence-corrected chi connectivity index (χ3v) is 4.83. The molecule has 1 saturated heterocycles. The minimum atomic E-state index is -0.420. The highest BCUT2D eigenvalue weighted by molar-refractivity contribution is 7.98. The summed E-state index contributed by atoms with van der Waals surface area (Å²) in [6.07, 6.45) is 1.50. The summed E-state index contributed by atoms with van der Waals surface area (Å²) in [7, 11) is 1.39. The fourth-order valence-corrected chi connectivity index (χ4v) is 3.35. The van der Waals surface area contributed by atoms with Crippen LogP contribution < -0.4 is 11.1 Å². The molecule has 0 saturated carbocycles. The van der Waals surface area contributed by atoms with E-state index in [9.17, 15) is 9.59 Å². The van der Waals surface area contributed by atoms with E-state index in [1.165, 1.54) is 7.11 Å². The van der Waals surface area contributed by atoms with Crippen LogP contribution in [0.25, 0.3) is 0 Å². The fraction of sp³-hybridized carbons (Fsp3) is 0.529. The minimum Gasteiger partial charge on any atom is -0.469 e. The van der Waals surface area contributed by atoms with Crippen molar-refractivity contribution >= 4 is 29.3 Å². The van der Waals surface area contributed by atoms with Crippen molar-refractivity contribution in [3.63, 3.8) is 0 Å². The monoisotopic (exact) mass is 352 g/mol. The first-order valence-electron chi connectivity index (χ1n) is 8.02. The molecular weight excluding hydrogens is 328 g/mol. The van der Waals surface area contributed by atoms with Crippen LogP contribution in [0.1, 0.15) is 24.8 Å². The Kier molecular flexibility index (Phi) is 7.55. The Morgan fingerprint density at radius 2 is 2.25 bits per heavy atom. The fourth-order valence-electron chi connectivity index (χ4n) is 2.48. The molecule has 0 aromatic heterocycles. The molecule has 1 aromatic rings. The van der Waals surface area contributed by atoms with E-state index in [0.717, 1.165) is 23.4 Å². The van der Waals surface area contributed by atoms with Gasteiger partial charge < -0.3 is 20.5 Å². The van der Waals surface area contributed by atoms with Gasteiger partial charge in [-0.15, -0.1) is 0 Å². The maximum Gasteiger partial charge on any atom is 0.306 e. The van der Waals surface area contributed by atoms with Crippen LogP contribution >= 0.6 is 11.8 Å². The summed E-state index contributed by atoms with van der Waals surface area (Å²) in [4.78, 5) is 23.3. The molecule has 1 amide bonds. The summed E-state index contributed by atoms with van der Waals surface area (Å²) >= 11 is 1.65. The lowest BCUT2D eigenvalue weighted by Gasteiger charge is -2.13. The second-order valence-electron chi connectivity index (χ2n) is 5.63. The minimum absolute atomic E-state index is 0.0155. The Morgan fingerprint density at radius 1 is 1.42 bits per heavy atom. The average molecular weight is 352 g/mol. The largest absolute Gasteiger partial charge is 0.469 e. The molecule has 7 heteroatoms. The van der Waals surface area contributed by atoms with Gasteiger partial charge in [-0.2, -0.15) is 11.8 Å². The molecule has 132 valence electrons. The molecule has 1 fully saturated rings. The van der Waals surface area contributed by atoms with Gasteiger partial charge in [0.25, 0.3) is 5.91 Å². The van der Waals surface area contributed by atoms with Crippen molar-refractivity contribution in [1.29, 1.82) is 0 Å². The highest BCUT2D eigenvalue weighted by Gasteiger charge is 2.29.